The molecule has 1 aromatic rings. The average molecular weight is 331 g/mol. The summed E-state index contributed by atoms with van der Waals surface area (Å²) in [5.41, 5.74) is 0.824. The van der Waals surface area contributed by atoms with Gasteiger partial charge in [0.25, 0.3) is 5.91 Å². The summed E-state index contributed by atoms with van der Waals surface area (Å²) < 4.78 is 13.0. The normalized spacial score (nSPS) is 26.7. The minimum absolute atomic E-state index is 0.206. The average Bonchev–Trinajstić information content (AvgIpc) is 3.23. The number of hydrogen-bond acceptors (Lipinski definition) is 3. The molecule has 126 valence electrons. The number of fused-ring (bicyclic) bond motifs is 1. The molecule has 0 radical (unpaired) electrons. The summed E-state index contributed by atoms with van der Waals surface area (Å²) in [6.45, 7) is 1.44. The van der Waals surface area contributed by atoms with Gasteiger partial charge in [-0.3, -0.25) is 9.59 Å². The molecule has 1 aromatic carbocycles. The topological polar surface area (TPSA) is 60.9 Å². The zero-order valence-corrected chi connectivity index (χ0v) is 13.2. The van der Waals surface area contributed by atoms with Gasteiger partial charge >= 0.3 is 6.03 Å². The highest BCUT2D eigenvalue weighted by atomic mass is 19.1. The molecule has 0 unspecified atom stereocenters. The van der Waals surface area contributed by atoms with Crippen molar-refractivity contribution >= 4 is 17.8 Å². The van der Waals surface area contributed by atoms with Crippen LogP contribution in [0.2, 0.25) is 0 Å². The molecule has 24 heavy (non-hydrogen) atoms. The fourth-order valence-corrected chi connectivity index (χ4v) is 3.86. The minimum Gasteiger partial charge on any atom is -0.336 e. The maximum absolute atomic E-state index is 13.0. The number of amides is 4. The second-order valence-electron chi connectivity index (χ2n) is 6.53. The number of benzene rings is 1. The van der Waals surface area contributed by atoms with E-state index in [0.717, 1.165) is 16.9 Å². The monoisotopic (exact) mass is 331 g/mol. The van der Waals surface area contributed by atoms with Crippen LogP contribution in [0.25, 0.3) is 0 Å². The van der Waals surface area contributed by atoms with Crippen LogP contribution in [-0.4, -0.2) is 57.7 Å². The van der Waals surface area contributed by atoms with E-state index >= 15 is 0 Å². The molecule has 3 aliphatic rings. The smallest absolute Gasteiger partial charge is 0.328 e. The first-order chi connectivity index (χ1) is 11.6. The second-order valence-corrected chi connectivity index (χ2v) is 6.53. The molecule has 0 aromatic heterocycles. The largest absolute Gasteiger partial charge is 0.336 e. The van der Waals surface area contributed by atoms with E-state index in [-0.39, 0.29) is 29.7 Å². The number of halogens is 1. The molecule has 3 heterocycles. The molecular formula is C17H18FN3O3. The molecule has 3 aliphatic heterocycles. The van der Waals surface area contributed by atoms with Gasteiger partial charge in [-0.25, -0.2) is 14.1 Å². The minimum atomic E-state index is -0.698. The molecule has 0 N–H and O–H groups in total. The molecule has 4 amide bonds. The molecule has 2 atom stereocenters. The Morgan fingerprint density at radius 2 is 1.71 bits per heavy atom. The van der Waals surface area contributed by atoms with Gasteiger partial charge in [0.1, 0.15) is 17.9 Å². The van der Waals surface area contributed by atoms with Gasteiger partial charge in [0.2, 0.25) is 5.91 Å². The van der Waals surface area contributed by atoms with Crippen LogP contribution >= 0.6 is 0 Å². The fraction of sp³-hybridized carbons (Fsp3) is 0.471. The van der Waals surface area contributed by atoms with Crippen molar-refractivity contribution in [1.29, 1.82) is 0 Å². The van der Waals surface area contributed by atoms with Gasteiger partial charge in [-0.15, -0.1) is 0 Å². The molecule has 7 heteroatoms. The zero-order valence-electron chi connectivity index (χ0n) is 13.2. The summed E-state index contributed by atoms with van der Waals surface area (Å²) in [5.74, 6) is -0.764. The third-order valence-electron chi connectivity index (χ3n) is 5.09. The lowest BCUT2D eigenvalue weighted by molar-refractivity contribution is -0.138. The Kier molecular flexibility index (Phi) is 3.51. The summed E-state index contributed by atoms with van der Waals surface area (Å²) in [6, 6.07) is 4.58. The summed E-state index contributed by atoms with van der Waals surface area (Å²) in [5, 5.41) is 0. The van der Waals surface area contributed by atoms with Crippen molar-refractivity contribution in [3.8, 4) is 0 Å². The highest BCUT2D eigenvalue weighted by Gasteiger charge is 2.53. The van der Waals surface area contributed by atoms with Gasteiger partial charge in [-0.1, -0.05) is 12.1 Å². The molecule has 4 rings (SSSR count). The first kappa shape index (κ1) is 15.1. The van der Waals surface area contributed by atoms with E-state index in [4.69, 9.17) is 0 Å². The third-order valence-corrected chi connectivity index (χ3v) is 5.09. The van der Waals surface area contributed by atoms with E-state index in [1.54, 1.807) is 21.9 Å². The SMILES string of the molecule is O=C1[C@H](N2C(=O)[C@H]3CCCN3C2=O)CCN1Cc1ccc(F)cc1. The van der Waals surface area contributed by atoms with Crippen LogP contribution in [0.5, 0.6) is 0 Å². The Balaban J connectivity index is 1.48. The van der Waals surface area contributed by atoms with Gasteiger partial charge in [-0.2, -0.15) is 0 Å². The van der Waals surface area contributed by atoms with Crippen molar-refractivity contribution in [2.45, 2.75) is 37.9 Å². The number of rotatable bonds is 3. The molecule has 0 spiro atoms. The Morgan fingerprint density at radius 1 is 0.958 bits per heavy atom. The number of urea groups is 1. The first-order valence-electron chi connectivity index (χ1n) is 8.23. The van der Waals surface area contributed by atoms with E-state index in [2.05, 4.69) is 0 Å². The summed E-state index contributed by atoms with van der Waals surface area (Å²) >= 11 is 0. The number of likely N-dealkylation sites (tertiary alicyclic amines) is 1. The van der Waals surface area contributed by atoms with Crippen LogP contribution < -0.4 is 0 Å². The van der Waals surface area contributed by atoms with Crippen LogP contribution in [0.3, 0.4) is 0 Å². The highest BCUT2D eigenvalue weighted by Crippen LogP contribution is 2.31. The van der Waals surface area contributed by atoms with Crippen molar-refractivity contribution in [2.24, 2.45) is 0 Å². The molecule has 0 aliphatic carbocycles. The molecular weight excluding hydrogens is 313 g/mol. The van der Waals surface area contributed by atoms with Crippen molar-refractivity contribution in [3.63, 3.8) is 0 Å². The van der Waals surface area contributed by atoms with Crippen LogP contribution in [0.15, 0.2) is 24.3 Å². The number of carbonyl (C=O) groups is 3. The lowest BCUT2D eigenvalue weighted by atomic mass is 10.1. The van der Waals surface area contributed by atoms with Gasteiger partial charge in [-0.05, 0) is 37.0 Å². The van der Waals surface area contributed by atoms with Crippen LogP contribution in [0, 0.1) is 5.82 Å². The van der Waals surface area contributed by atoms with Gasteiger partial charge < -0.3 is 9.80 Å². The maximum atomic E-state index is 13.0. The lowest BCUT2D eigenvalue weighted by Crippen LogP contribution is -2.46. The number of imide groups is 1. The Labute approximate surface area is 138 Å². The predicted molar refractivity (Wildman–Crippen MR) is 82.2 cm³/mol. The van der Waals surface area contributed by atoms with Crippen molar-refractivity contribution in [3.05, 3.63) is 35.6 Å². The lowest BCUT2D eigenvalue weighted by Gasteiger charge is -2.22. The van der Waals surface area contributed by atoms with Gasteiger partial charge in [0.15, 0.2) is 0 Å². The van der Waals surface area contributed by atoms with Crippen LogP contribution in [-0.2, 0) is 16.1 Å². The molecule has 3 saturated heterocycles. The molecule has 0 bridgehead atoms. The summed E-state index contributed by atoms with van der Waals surface area (Å²) in [7, 11) is 0. The zero-order chi connectivity index (χ0) is 16.8. The predicted octanol–water partition coefficient (Wildman–Crippen LogP) is 1.35. The molecule has 0 saturated carbocycles. The maximum Gasteiger partial charge on any atom is 0.328 e. The second kappa shape index (κ2) is 5.58. The summed E-state index contributed by atoms with van der Waals surface area (Å²) in [4.78, 5) is 42.0. The fourth-order valence-electron chi connectivity index (χ4n) is 3.86. The van der Waals surface area contributed by atoms with Gasteiger partial charge in [0, 0.05) is 19.6 Å². The van der Waals surface area contributed by atoms with Crippen LogP contribution in [0.4, 0.5) is 9.18 Å². The Morgan fingerprint density at radius 3 is 2.42 bits per heavy atom. The highest BCUT2D eigenvalue weighted by molar-refractivity contribution is 6.08. The van der Waals surface area contributed by atoms with Crippen molar-refractivity contribution in [1.82, 2.24) is 14.7 Å². The number of hydrogen-bond donors (Lipinski definition) is 0. The first-order valence-corrected chi connectivity index (χ1v) is 8.23. The van der Waals surface area contributed by atoms with E-state index in [0.29, 0.717) is 32.5 Å². The Bertz CT molecular complexity index is 684. The molecule has 3 fully saturated rings. The van der Waals surface area contributed by atoms with Crippen molar-refractivity contribution in [2.75, 3.05) is 13.1 Å². The molecule has 6 nitrogen and oxygen atoms in total. The standard InChI is InChI=1S/C17H18FN3O3/c18-12-5-3-11(4-6-12)10-19-9-7-14(15(19)22)21-16(23)13-2-1-8-20(13)17(21)24/h3-6,13-14H,1-2,7-10H2/t13-,14-/m1/s1. The van der Waals surface area contributed by atoms with Crippen LogP contribution in [0.1, 0.15) is 24.8 Å². The van der Waals surface area contributed by atoms with E-state index in [1.165, 1.54) is 12.1 Å². The van der Waals surface area contributed by atoms with E-state index in [1.807, 2.05) is 0 Å². The quantitative estimate of drug-likeness (QED) is 0.786. The number of carbonyl (C=O) groups excluding carboxylic acids is 3. The Hall–Kier alpha value is -2.44. The van der Waals surface area contributed by atoms with E-state index in [9.17, 15) is 18.8 Å². The third kappa shape index (κ3) is 2.26. The van der Waals surface area contributed by atoms with Crippen molar-refractivity contribution < 1.29 is 18.8 Å². The number of nitrogens with zero attached hydrogens (tertiary/aromatic N) is 3. The van der Waals surface area contributed by atoms with Gasteiger partial charge in [0.05, 0.1) is 0 Å². The summed E-state index contributed by atoms with van der Waals surface area (Å²) in [6.07, 6.45) is 1.98. The van der Waals surface area contributed by atoms with E-state index < -0.39 is 6.04 Å².